The second-order valence-corrected chi connectivity index (χ2v) is 8.66. The molecule has 13 heteroatoms. The highest BCUT2D eigenvalue weighted by molar-refractivity contribution is 7.14. The summed E-state index contributed by atoms with van der Waals surface area (Å²) in [4.78, 5) is 60.1. The first-order valence-corrected chi connectivity index (χ1v) is 11.7. The van der Waals surface area contributed by atoms with Crippen LogP contribution in [0, 0.1) is 0 Å². The average Bonchev–Trinajstić information content (AvgIpc) is 3.59. The Morgan fingerprint density at radius 2 is 1.97 bits per heavy atom. The van der Waals surface area contributed by atoms with Crippen LogP contribution in [-0.4, -0.2) is 58.9 Å². The second-order valence-electron chi connectivity index (χ2n) is 7.08. The van der Waals surface area contributed by atoms with Gasteiger partial charge in [0.2, 0.25) is 5.91 Å². The highest BCUT2D eigenvalue weighted by Crippen LogP contribution is 2.27. The number of amides is 4. The van der Waals surface area contributed by atoms with Gasteiger partial charge in [-0.1, -0.05) is 12.1 Å². The van der Waals surface area contributed by atoms with Crippen molar-refractivity contribution in [3.8, 4) is 5.75 Å². The first kappa shape index (κ1) is 23.3. The first-order valence-electron chi connectivity index (χ1n) is 9.90. The van der Waals surface area contributed by atoms with E-state index in [1.807, 2.05) is 0 Å². The van der Waals surface area contributed by atoms with Gasteiger partial charge in [-0.25, -0.2) is 24.5 Å². The number of carbonyl (C=O) groups is 4. The zero-order chi connectivity index (χ0) is 24.2. The fraction of sp³-hybridized carbons (Fsp3) is 0.238. The van der Waals surface area contributed by atoms with Crippen LogP contribution in [0.1, 0.15) is 27.8 Å². The number of aromatic nitrogens is 2. The summed E-state index contributed by atoms with van der Waals surface area (Å²) in [5.41, 5.74) is 2.73. The summed E-state index contributed by atoms with van der Waals surface area (Å²) in [6.45, 7) is 0. The molecule has 0 bridgehead atoms. The molecule has 176 valence electrons. The van der Waals surface area contributed by atoms with E-state index in [0.717, 1.165) is 16.2 Å². The lowest BCUT2D eigenvalue weighted by atomic mass is 10.1. The summed E-state index contributed by atoms with van der Waals surface area (Å²) in [5, 5.41) is 8.53. The quantitative estimate of drug-likeness (QED) is 0.354. The van der Waals surface area contributed by atoms with Crippen LogP contribution >= 0.6 is 22.7 Å². The molecule has 2 atom stereocenters. The molecule has 0 saturated carbocycles. The number of anilines is 1. The molecule has 0 aliphatic carbocycles. The summed E-state index contributed by atoms with van der Waals surface area (Å²) < 4.78 is 9.76. The number of carbonyl (C=O) groups excluding carboxylic acids is 4. The average molecular weight is 502 g/mol. The van der Waals surface area contributed by atoms with E-state index >= 15 is 0 Å². The Morgan fingerprint density at radius 1 is 1.21 bits per heavy atom. The lowest BCUT2D eigenvalue weighted by molar-refractivity contribution is -0.134. The Balaban J connectivity index is 1.59. The minimum absolute atomic E-state index is 0.0130. The number of methoxy groups -OCH3 is 2. The van der Waals surface area contributed by atoms with Gasteiger partial charge in [0.25, 0.3) is 5.91 Å². The summed E-state index contributed by atoms with van der Waals surface area (Å²) in [5.74, 6) is -1.25. The van der Waals surface area contributed by atoms with Crippen LogP contribution < -0.4 is 15.4 Å². The van der Waals surface area contributed by atoms with Gasteiger partial charge in [-0.15, -0.1) is 22.7 Å². The lowest BCUT2D eigenvalue weighted by Gasteiger charge is -2.23. The number of imide groups is 1. The van der Waals surface area contributed by atoms with Crippen molar-refractivity contribution in [3.63, 3.8) is 0 Å². The molecule has 1 aliphatic heterocycles. The van der Waals surface area contributed by atoms with E-state index in [-0.39, 0.29) is 17.2 Å². The molecule has 4 rings (SSSR count). The van der Waals surface area contributed by atoms with Crippen LogP contribution in [0.15, 0.2) is 40.5 Å². The van der Waals surface area contributed by atoms with Crippen molar-refractivity contribution in [2.45, 2.75) is 18.5 Å². The van der Waals surface area contributed by atoms with Crippen LogP contribution in [0.25, 0.3) is 0 Å². The van der Waals surface area contributed by atoms with Crippen molar-refractivity contribution in [2.24, 2.45) is 0 Å². The van der Waals surface area contributed by atoms with Crippen LogP contribution in [0.5, 0.6) is 5.75 Å². The van der Waals surface area contributed by atoms with Crippen molar-refractivity contribution >= 4 is 51.6 Å². The van der Waals surface area contributed by atoms with Crippen molar-refractivity contribution in [2.75, 3.05) is 19.5 Å². The third-order valence-electron chi connectivity index (χ3n) is 5.05. The maximum atomic E-state index is 13.3. The number of urea groups is 1. The molecule has 0 unspecified atom stereocenters. The molecule has 3 heterocycles. The topological polar surface area (TPSA) is 140 Å². The van der Waals surface area contributed by atoms with Crippen molar-refractivity contribution in [1.29, 1.82) is 0 Å². The SMILES string of the molecule is COC(=O)c1csc(NC(=O)[C@H](Cc2cscn2)N2C(=O)N[C@H](c3ccc(OC)cc3)C2=O)n1. The summed E-state index contributed by atoms with van der Waals surface area (Å²) in [6, 6.07) is 3.86. The number of rotatable bonds is 8. The summed E-state index contributed by atoms with van der Waals surface area (Å²) in [6.07, 6.45) is 0.0130. The second kappa shape index (κ2) is 9.97. The number of benzene rings is 1. The third kappa shape index (κ3) is 4.75. The Labute approximate surface area is 201 Å². The molecule has 2 N–H and O–H groups in total. The van der Waals surface area contributed by atoms with Gasteiger partial charge >= 0.3 is 12.0 Å². The molecular weight excluding hydrogens is 482 g/mol. The number of nitrogens with zero attached hydrogens (tertiary/aromatic N) is 3. The van der Waals surface area contributed by atoms with Crippen molar-refractivity contribution in [3.05, 3.63) is 57.5 Å². The van der Waals surface area contributed by atoms with Crippen molar-refractivity contribution in [1.82, 2.24) is 20.2 Å². The normalized spacial score (nSPS) is 16.2. The molecule has 2 aromatic heterocycles. The third-order valence-corrected chi connectivity index (χ3v) is 6.44. The Hall–Kier alpha value is -3.84. The van der Waals surface area contributed by atoms with E-state index < -0.39 is 35.9 Å². The predicted octanol–water partition coefficient (Wildman–Crippen LogP) is 2.24. The summed E-state index contributed by atoms with van der Waals surface area (Å²) >= 11 is 2.35. The van der Waals surface area contributed by atoms with Gasteiger partial charge in [-0.2, -0.15) is 0 Å². The molecule has 11 nitrogen and oxygen atoms in total. The largest absolute Gasteiger partial charge is 0.497 e. The van der Waals surface area contributed by atoms with Crippen LogP contribution in [-0.2, 0) is 20.7 Å². The lowest BCUT2D eigenvalue weighted by Crippen LogP contribution is -2.49. The minimum atomic E-state index is -1.19. The predicted molar refractivity (Wildman–Crippen MR) is 123 cm³/mol. The molecule has 3 aromatic rings. The first-order chi connectivity index (χ1) is 16.4. The molecular formula is C21H19N5O6S2. The number of thiazole rings is 2. The van der Waals surface area contributed by atoms with Crippen LogP contribution in [0.4, 0.5) is 9.93 Å². The van der Waals surface area contributed by atoms with Gasteiger partial charge in [0.1, 0.15) is 17.8 Å². The Bertz CT molecular complexity index is 1210. The zero-order valence-corrected chi connectivity index (χ0v) is 19.6. The van der Waals surface area contributed by atoms with E-state index in [1.54, 1.807) is 35.2 Å². The Morgan fingerprint density at radius 3 is 2.62 bits per heavy atom. The van der Waals surface area contributed by atoms with Gasteiger partial charge in [0.05, 0.1) is 25.4 Å². The highest BCUT2D eigenvalue weighted by atomic mass is 32.1. The summed E-state index contributed by atoms with van der Waals surface area (Å²) in [7, 11) is 2.75. The number of esters is 1. The van der Waals surface area contributed by atoms with E-state index in [0.29, 0.717) is 17.0 Å². The van der Waals surface area contributed by atoms with Gasteiger partial charge < -0.3 is 20.1 Å². The number of ether oxygens (including phenoxy) is 2. The number of nitrogens with one attached hydrogen (secondary N) is 2. The molecule has 0 spiro atoms. The van der Waals surface area contributed by atoms with Crippen LogP contribution in [0.3, 0.4) is 0 Å². The maximum absolute atomic E-state index is 13.3. The van der Waals surface area contributed by atoms with Gasteiger partial charge in [0.15, 0.2) is 10.8 Å². The van der Waals surface area contributed by atoms with Crippen molar-refractivity contribution < 1.29 is 28.7 Å². The highest BCUT2D eigenvalue weighted by Gasteiger charge is 2.45. The van der Waals surface area contributed by atoms with Gasteiger partial charge in [-0.05, 0) is 17.7 Å². The fourth-order valence-electron chi connectivity index (χ4n) is 3.37. The van der Waals surface area contributed by atoms with Gasteiger partial charge in [-0.3, -0.25) is 9.59 Å². The number of hydrogen-bond acceptors (Lipinski definition) is 10. The number of hydrogen-bond donors (Lipinski definition) is 2. The minimum Gasteiger partial charge on any atom is -0.497 e. The van der Waals surface area contributed by atoms with E-state index in [1.165, 1.54) is 30.9 Å². The molecule has 1 fully saturated rings. The molecule has 0 radical (unpaired) electrons. The molecule has 4 amide bonds. The maximum Gasteiger partial charge on any atom is 0.357 e. The van der Waals surface area contributed by atoms with Crippen LogP contribution in [0.2, 0.25) is 0 Å². The van der Waals surface area contributed by atoms with Gasteiger partial charge in [0, 0.05) is 17.2 Å². The smallest absolute Gasteiger partial charge is 0.357 e. The molecule has 1 aromatic carbocycles. The molecule has 1 saturated heterocycles. The standard InChI is InChI=1S/C21H19N5O6S2/c1-31-13-5-3-11(4-6-13)16-18(28)26(21(30)24-16)15(7-12-8-33-10-22-12)17(27)25-20-23-14(9-34-20)19(29)32-2/h3-6,8-10,15-16H,7H2,1-2H3,(H,24,30)(H,23,25,27)/t15-,16+/m0/s1. The zero-order valence-electron chi connectivity index (χ0n) is 18.0. The Kier molecular flexibility index (Phi) is 6.84. The fourth-order valence-corrected chi connectivity index (χ4v) is 4.62. The molecule has 34 heavy (non-hydrogen) atoms. The van der Waals surface area contributed by atoms with E-state index in [2.05, 4.69) is 25.3 Å². The molecule has 1 aliphatic rings. The monoisotopic (exact) mass is 501 g/mol. The van der Waals surface area contributed by atoms with E-state index in [4.69, 9.17) is 4.74 Å². The van der Waals surface area contributed by atoms with E-state index in [9.17, 15) is 19.2 Å².